The SMILES string of the molecule is CC(C)C(C)N(C)C(=O)C(N)Cc1ccccc1. The van der Waals surface area contributed by atoms with E-state index in [-0.39, 0.29) is 11.9 Å². The number of likely N-dealkylation sites (N-methyl/N-ethyl adjacent to an activating group) is 1. The van der Waals surface area contributed by atoms with Crippen LogP contribution in [0.3, 0.4) is 0 Å². The molecule has 0 saturated carbocycles. The average molecular weight is 248 g/mol. The van der Waals surface area contributed by atoms with E-state index in [1.165, 1.54) is 0 Å². The van der Waals surface area contributed by atoms with Gasteiger partial charge in [0.2, 0.25) is 5.91 Å². The van der Waals surface area contributed by atoms with Crippen molar-refractivity contribution in [3.05, 3.63) is 35.9 Å². The third-order valence-corrected chi connectivity index (χ3v) is 3.54. The summed E-state index contributed by atoms with van der Waals surface area (Å²) in [5.74, 6) is 0.447. The van der Waals surface area contributed by atoms with Crippen LogP contribution in [0.5, 0.6) is 0 Å². The van der Waals surface area contributed by atoms with Crippen LogP contribution in [0.15, 0.2) is 30.3 Å². The summed E-state index contributed by atoms with van der Waals surface area (Å²) in [5, 5.41) is 0. The summed E-state index contributed by atoms with van der Waals surface area (Å²) in [6.45, 7) is 6.27. The first kappa shape index (κ1) is 14.7. The van der Waals surface area contributed by atoms with Gasteiger partial charge in [0, 0.05) is 13.1 Å². The van der Waals surface area contributed by atoms with E-state index in [1.807, 2.05) is 37.4 Å². The first-order valence-electron chi connectivity index (χ1n) is 6.49. The zero-order valence-corrected chi connectivity index (χ0v) is 11.8. The van der Waals surface area contributed by atoms with Crippen molar-refractivity contribution in [3.63, 3.8) is 0 Å². The van der Waals surface area contributed by atoms with Crippen LogP contribution in [-0.2, 0) is 11.2 Å². The van der Waals surface area contributed by atoms with E-state index in [9.17, 15) is 4.79 Å². The lowest BCUT2D eigenvalue weighted by Gasteiger charge is -2.30. The molecule has 2 atom stereocenters. The van der Waals surface area contributed by atoms with Crippen molar-refractivity contribution < 1.29 is 4.79 Å². The Morgan fingerprint density at radius 1 is 1.22 bits per heavy atom. The number of carbonyl (C=O) groups excluding carboxylic acids is 1. The van der Waals surface area contributed by atoms with Crippen molar-refractivity contribution in [2.24, 2.45) is 11.7 Å². The van der Waals surface area contributed by atoms with Crippen molar-refractivity contribution in [2.75, 3.05) is 7.05 Å². The molecular weight excluding hydrogens is 224 g/mol. The number of benzene rings is 1. The van der Waals surface area contributed by atoms with Gasteiger partial charge in [-0.15, -0.1) is 0 Å². The second kappa shape index (κ2) is 6.55. The van der Waals surface area contributed by atoms with Gasteiger partial charge in [0.1, 0.15) is 0 Å². The Balaban J connectivity index is 2.61. The molecule has 1 aromatic rings. The minimum atomic E-state index is -0.460. The summed E-state index contributed by atoms with van der Waals surface area (Å²) in [7, 11) is 1.83. The van der Waals surface area contributed by atoms with Gasteiger partial charge >= 0.3 is 0 Å². The summed E-state index contributed by atoms with van der Waals surface area (Å²) >= 11 is 0. The number of amides is 1. The zero-order valence-electron chi connectivity index (χ0n) is 11.8. The number of nitrogens with two attached hydrogens (primary N) is 1. The maximum absolute atomic E-state index is 12.2. The van der Waals surface area contributed by atoms with Gasteiger partial charge in [0.05, 0.1) is 6.04 Å². The van der Waals surface area contributed by atoms with E-state index in [4.69, 9.17) is 5.73 Å². The lowest BCUT2D eigenvalue weighted by molar-refractivity contribution is -0.133. The smallest absolute Gasteiger partial charge is 0.239 e. The van der Waals surface area contributed by atoms with Crippen LogP contribution < -0.4 is 5.73 Å². The molecule has 0 aliphatic heterocycles. The summed E-state index contributed by atoms with van der Waals surface area (Å²) in [4.78, 5) is 14.0. The Bertz CT molecular complexity index is 375. The molecule has 18 heavy (non-hydrogen) atoms. The molecule has 0 spiro atoms. The molecule has 100 valence electrons. The van der Waals surface area contributed by atoms with Crippen molar-refractivity contribution in [2.45, 2.75) is 39.3 Å². The number of nitrogens with zero attached hydrogens (tertiary/aromatic N) is 1. The highest BCUT2D eigenvalue weighted by Gasteiger charge is 2.23. The summed E-state index contributed by atoms with van der Waals surface area (Å²) in [5.41, 5.74) is 7.10. The molecule has 0 saturated heterocycles. The summed E-state index contributed by atoms with van der Waals surface area (Å²) < 4.78 is 0. The number of carbonyl (C=O) groups is 1. The predicted octanol–water partition coefficient (Wildman–Crippen LogP) is 2.06. The van der Waals surface area contributed by atoms with E-state index in [2.05, 4.69) is 20.8 Å². The average Bonchev–Trinajstić information content (AvgIpc) is 2.37. The highest BCUT2D eigenvalue weighted by atomic mass is 16.2. The fourth-order valence-electron chi connectivity index (χ4n) is 1.86. The lowest BCUT2D eigenvalue weighted by Crippen LogP contribution is -2.48. The molecule has 0 aliphatic rings. The normalized spacial score (nSPS) is 14.3. The van der Waals surface area contributed by atoms with Gasteiger partial charge in [0.25, 0.3) is 0 Å². The summed E-state index contributed by atoms with van der Waals surface area (Å²) in [6, 6.07) is 9.64. The Kier molecular flexibility index (Phi) is 5.35. The Hall–Kier alpha value is -1.35. The highest BCUT2D eigenvalue weighted by molar-refractivity contribution is 5.82. The first-order chi connectivity index (χ1) is 8.43. The Morgan fingerprint density at radius 2 is 1.78 bits per heavy atom. The van der Waals surface area contributed by atoms with Crippen molar-refractivity contribution in [3.8, 4) is 0 Å². The number of rotatable bonds is 5. The molecule has 3 heteroatoms. The lowest BCUT2D eigenvalue weighted by atomic mass is 10.0. The molecule has 0 bridgehead atoms. The summed E-state index contributed by atoms with van der Waals surface area (Å²) in [6.07, 6.45) is 0.592. The second-order valence-corrected chi connectivity index (χ2v) is 5.23. The molecule has 0 fully saturated rings. The molecule has 1 rings (SSSR count). The van der Waals surface area contributed by atoms with Crippen LogP contribution in [0.4, 0.5) is 0 Å². The van der Waals surface area contributed by atoms with Gasteiger partial charge < -0.3 is 10.6 Å². The Labute approximate surface area is 110 Å². The van der Waals surface area contributed by atoms with Gasteiger partial charge in [-0.25, -0.2) is 0 Å². The molecule has 0 aliphatic carbocycles. The third-order valence-electron chi connectivity index (χ3n) is 3.54. The van der Waals surface area contributed by atoms with Crippen LogP contribution in [0.1, 0.15) is 26.3 Å². The monoisotopic (exact) mass is 248 g/mol. The standard InChI is InChI=1S/C15H24N2O/c1-11(2)12(3)17(4)15(18)14(16)10-13-8-6-5-7-9-13/h5-9,11-12,14H,10,16H2,1-4H3. The van der Waals surface area contributed by atoms with Crippen LogP contribution in [0.25, 0.3) is 0 Å². The molecule has 0 radical (unpaired) electrons. The van der Waals surface area contributed by atoms with Gasteiger partial charge in [-0.2, -0.15) is 0 Å². The fourth-order valence-corrected chi connectivity index (χ4v) is 1.86. The van der Waals surface area contributed by atoms with E-state index < -0.39 is 6.04 Å². The minimum Gasteiger partial charge on any atom is -0.341 e. The number of hydrogen-bond donors (Lipinski definition) is 1. The Morgan fingerprint density at radius 3 is 2.28 bits per heavy atom. The third kappa shape index (κ3) is 3.84. The molecule has 0 heterocycles. The highest BCUT2D eigenvalue weighted by Crippen LogP contribution is 2.10. The van der Waals surface area contributed by atoms with Gasteiger partial charge in [-0.05, 0) is 24.8 Å². The molecule has 2 N–H and O–H groups in total. The van der Waals surface area contributed by atoms with Crippen LogP contribution in [0.2, 0.25) is 0 Å². The molecular formula is C15H24N2O. The minimum absolute atomic E-state index is 0.0139. The molecule has 2 unspecified atom stereocenters. The van der Waals surface area contributed by atoms with Gasteiger partial charge in [-0.3, -0.25) is 4.79 Å². The predicted molar refractivity (Wildman–Crippen MR) is 75.2 cm³/mol. The second-order valence-electron chi connectivity index (χ2n) is 5.23. The van der Waals surface area contributed by atoms with Crippen LogP contribution in [-0.4, -0.2) is 29.9 Å². The van der Waals surface area contributed by atoms with Crippen LogP contribution >= 0.6 is 0 Å². The van der Waals surface area contributed by atoms with Gasteiger partial charge in [-0.1, -0.05) is 44.2 Å². The quantitative estimate of drug-likeness (QED) is 0.867. The molecule has 0 aromatic heterocycles. The van der Waals surface area contributed by atoms with Crippen molar-refractivity contribution in [1.29, 1.82) is 0 Å². The maximum atomic E-state index is 12.2. The molecule has 3 nitrogen and oxygen atoms in total. The zero-order chi connectivity index (χ0) is 13.7. The molecule has 1 amide bonds. The molecule has 1 aromatic carbocycles. The van der Waals surface area contributed by atoms with Crippen LogP contribution in [0, 0.1) is 5.92 Å². The maximum Gasteiger partial charge on any atom is 0.239 e. The van der Waals surface area contributed by atoms with E-state index >= 15 is 0 Å². The van der Waals surface area contributed by atoms with Crippen molar-refractivity contribution >= 4 is 5.91 Å². The van der Waals surface area contributed by atoms with E-state index in [0.717, 1.165) is 5.56 Å². The van der Waals surface area contributed by atoms with E-state index in [1.54, 1.807) is 4.90 Å². The first-order valence-corrected chi connectivity index (χ1v) is 6.49. The number of hydrogen-bond acceptors (Lipinski definition) is 2. The van der Waals surface area contributed by atoms with Gasteiger partial charge in [0.15, 0.2) is 0 Å². The topological polar surface area (TPSA) is 46.3 Å². The largest absolute Gasteiger partial charge is 0.341 e. The fraction of sp³-hybridized carbons (Fsp3) is 0.533. The van der Waals surface area contributed by atoms with E-state index in [0.29, 0.717) is 12.3 Å². The van der Waals surface area contributed by atoms with Crippen molar-refractivity contribution in [1.82, 2.24) is 4.90 Å².